The molecule has 5 heteroatoms. The van der Waals surface area contributed by atoms with Crippen LogP contribution in [0.2, 0.25) is 0 Å². The number of hydrogen-bond acceptors (Lipinski definition) is 4. The molecule has 3 rings (SSSR count). The van der Waals surface area contributed by atoms with E-state index in [9.17, 15) is 4.39 Å². The highest BCUT2D eigenvalue weighted by atomic mass is 19.1. The van der Waals surface area contributed by atoms with Crippen molar-refractivity contribution in [2.45, 2.75) is 13.1 Å². The van der Waals surface area contributed by atoms with Crippen LogP contribution in [0.3, 0.4) is 0 Å². The average Bonchev–Trinajstić information content (AvgIpc) is 2.56. The first-order valence-corrected chi connectivity index (χ1v) is 7.18. The minimum atomic E-state index is -0.199. The van der Waals surface area contributed by atoms with Crippen LogP contribution in [-0.2, 0) is 13.1 Å². The fourth-order valence-corrected chi connectivity index (χ4v) is 2.41. The highest BCUT2D eigenvalue weighted by Gasteiger charge is 2.18. The number of halogens is 1. The Morgan fingerprint density at radius 2 is 1.95 bits per heavy atom. The van der Waals surface area contributed by atoms with E-state index in [2.05, 4.69) is 5.32 Å². The van der Waals surface area contributed by atoms with Gasteiger partial charge in [-0.2, -0.15) is 0 Å². The van der Waals surface area contributed by atoms with Gasteiger partial charge in [0, 0.05) is 18.7 Å². The van der Waals surface area contributed by atoms with Gasteiger partial charge in [-0.1, -0.05) is 18.2 Å². The van der Waals surface area contributed by atoms with Crippen LogP contribution in [0.5, 0.6) is 17.2 Å². The largest absolute Gasteiger partial charge is 0.493 e. The molecule has 2 aromatic carbocycles. The maximum Gasteiger partial charge on any atom is 0.203 e. The van der Waals surface area contributed by atoms with Gasteiger partial charge >= 0.3 is 0 Å². The maximum absolute atomic E-state index is 13.6. The van der Waals surface area contributed by atoms with E-state index in [1.54, 1.807) is 19.2 Å². The minimum absolute atomic E-state index is 0.199. The van der Waals surface area contributed by atoms with Gasteiger partial charge in [0.05, 0.1) is 7.11 Å². The van der Waals surface area contributed by atoms with Crippen LogP contribution in [0.25, 0.3) is 0 Å². The zero-order valence-corrected chi connectivity index (χ0v) is 12.4. The second kappa shape index (κ2) is 6.66. The second-order valence-corrected chi connectivity index (χ2v) is 5.02. The molecule has 0 saturated carbocycles. The van der Waals surface area contributed by atoms with Gasteiger partial charge in [0.1, 0.15) is 19.0 Å². The molecule has 22 heavy (non-hydrogen) atoms. The van der Waals surface area contributed by atoms with E-state index in [-0.39, 0.29) is 5.82 Å². The Labute approximate surface area is 128 Å². The highest BCUT2D eigenvalue weighted by Crippen LogP contribution is 2.40. The van der Waals surface area contributed by atoms with E-state index in [0.717, 1.165) is 5.56 Å². The molecular formula is C17H18FNO3. The number of methoxy groups -OCH3 is 1. The van der Waals surface area contributed by atoms with Crippen molar-refractivity contribution >= 4 is 0 Å². The van der Waals surface area contributed by atoms with E-state index in [1.165, 1.54) is 6.07 Å². The molecule has 0 radical (unpaired) electrons. The number of ether oxygens (including phenoxy) is 3. The molecule has 4 nitrogen and oxygen atoms in total. The van der Waals surface area contributed by atoms with Crippen LogP contribution in [0.4, 0.5) is 4.39 Å². The van der Waals surface area contributed by atoms with Crippen molar-refractivity contribution in [3.8, 4) is 17.2 Å². The number of nitrogens with one attached hydrogen (secondary N) is 1. The van der Waals surface area contributed by atoms with Crippen LogP contribution in [0.15, 0.2) is 36.4 Å². The summed E-state index contributed by atoms with van der Waals surface area (Å²) in [6, 6.07) is 10.6. The van der Waals surface area contributed by atoms with Gasteiger partial charge in [-0.05, 0) is 23.8 Å². The summed E-state index contributed by atoms with van der Waals surface area (Å²) in [7, 11) is 1.60. The van der Waals surface area contributed by atoms with Crippen molar-refractivity contribution < 1.29 is 18.6 Å². The number of rotatable bonds is 5. The lowest BCUT2D eigenvalue weighted by atomic mass is 10.1. The molecule has 1 aliphatic heterocycles. The Bertz CT molecular complexity index is 643. The second-order valence-electron chi connectivity index (χ2n) is 5.02. The van der Waals surface area contributed by atoms with Crippen molar-refractivity contribution in [2.75, 3.05) is 20.3 Å². The molecule has 1 N–H and O–H groups in total. The summed E-state index contributed by atoms with van der Waals surface area (Å²) in [5.41, 5.74) is 1.64. The summed E-state index contributed by atoms with van der Waals surface area (Å²) in [6.45, 7) is 2.10. The molecule has 0 aliphatic carbocycles. The Kier molecular flexibility index (Phi) is 4.44. The molecule has 0 spiro atoms. The number of benzene rings is 2. The van der Waals surface area contributed by atoms with Crippen molar-refractivity contribution in [1.29, 1.82) is 0 Å². The lowest BCUT2D eigenvalue weighted by Gasteiger charge is -2.21. The maximum atomic E-state index is 13.6. The Morgan fingerprint density at radius 1 is 1.14 bits per heavy atom. The van der Waals surface area contributed by atoms with Crippen LogP contribution in [-0.4, -0.2) is 20.3 Å². The van der Waals surface area contributed by atoms with Crippen LogP contribution < -0.4 is 19.5 Å². The third-order valence-electron chi connectivity index (χ3n) is 3.49. The molecule has 0 unspecified atom stereocenters. The average molecular weight is 303 g/mol. The predicted octanol–water partition coefficient (Wildman–Crippen LogP) is 2.90. The molecule has 0 saturated heterocycles. The van der Waals surface area contributed by atoms with Crippen molar-refractivity contribution in [2.24, 2.45) is 0 Å². The molecule has 116 valence electrons. The summed E-state index contributed by atoms with van der Waals surface area (Å²) in [5.74, 6) is 1.79. The lowest BCUT2D eigenvalue weighted by Crippen LogP contribution is -2.17. The van der Waals surface area contributed by atoms with Gasteiger partial charge in [0.2, 0.25) is 5.75 Å². The molecule has 0 bridgehead atoms. The first-order chi connectivity index (χ1) is 10.8. The normalized spacial score (nSPS) is 13.0. The quantitative estimate of drug-likeness (QED) is 0.922. The molecule has 1 aliphatic rings. The van der Waals surface area contributed by atoms with Crippen molar-refractivity contribution in [3.63, 3.8) is 0 Å². The van der Waals surface area contributed by atoms with Gasteiger partial charge in [-0.25, -0.2) is 4.39 Å². The summed E-state index contributed by atoms with van der Waals surface area (Å²) < 4.78 is 30.1. The Morgan fingerprint density at radius 3 is 2.77 bits per heavy atom. The fraction of sp³-hybridized carbons (Fsp3) is 0.294. The summed E-state index contributed by atoms with van der Waals surface area (Å²) in [6.07, 6.45) is 0. The molecule has 1 heterocycles. The molecule has 0 amide bonds. The van der Waals surface area contributed by atoms with E-state index >= 15 is 0 Å². The molecule has 0 aromatic heterocycles. The van der Waals surface area contributed by atoms with Crippen LogP contribution in [0, 0.1) is 5.82 Å². The van der Waals surface area contributed by atoms with E-state index in [0.29, 0.717) is 49.1 Å². The van der Waals surface area contributed by atoms with E-state index in [4.69, 9.17) is 14.2 Å². The highest BCUT2D eigenvalue weighted by molar-refractivity contribution is 5.54. The zero-order chi connectivity index (χ0) is 15.4. The third-order valence-corrected chi connectivity index (χ3v) is 3.49. The van der Waals surface area contributed by atoms with Gasteiger partial charge in [-0.15, -0.1) is 0 Å². The van der Waals surface area contributed by atoms with Gasteiger partial charge < -0.3 is 19.5 Å². The number of fused-ring (bicyclic) bond motifs is 1. The van der Waals surface area contributed by atoms with Crippen LogP contribution >= 0.6 is 0 Å². The van der Waals surface area contributed by atoms with Gasteiger partial charge in [0.15, 0.2) is 11.5 Å². The first kappa shape index (κ1) is 14.7. The van der Waals surface area contributed by atoms with Crippen molar-refractivity contribution in [3.05, 3.63) is 53.3 Å². The standard InChI is InChI=1S/C17H18FNO3/c1-20-15-8-12(9-16-17(15)22-7-6-21-16)10-19-11-13-4-2-3-5-14(13)18/h2-5,8-9,19H,6-7,10-11H2,1H3. The fourth-order valence-electron chi connectivity index (χ4n) is 2.41. The van der Waals surface area contributed by atoms with Gasteiger partial charge in [-0.3, -0.25) is 0 Å². The lowest BCUT2D eigenvalue weighted by molar-refractivity contribution is 0.165. The summed E-state index contributed by atoms with van der Waals surface area (Å²) in [5, 5.41) is 3.22. The van der Waals surface area contributed by atoms with Crippen LogP contribution in [0.1, 0.15) is 11.1 Å². The zero-order valence-electron chi connectivity index (χ0n) is 12.4. The number of hydrogen-bond donors (Lipinski definition) is 1. The molecular weight excluding hydrogens is 285 g/mol. The predicted molar refractivity (Wildman–Crippen MR) is 80.9 cm³/mol. The third kappa shape index (κ3) is 3.14. The monoisotopic (exact) mass is 303 g/mol. The summed E-state index contributed by atoms with van der Waals surface area (Å²) in [4.78, 5) is 0. The Hall–Kier alpha value is -2.27. The molecule has 0 atom stereocenters. The Balaban J connectivity index is 1.69. The minimum Gasteiger partial charge on any atom is -0.493 e. The summed E-state index contributed by atoms with van der Waals surface area (Å²) >= 11 is 0. The van der Waals surface area contributed by atoms with E-state index in [1.807, 2.05) is 18.2 Å². The molecule has 0 fully saturated rings. The van der Waals surface area contributed by atoms with E-state index < -0.39 is 0 Å². The molecule has 2 aromatic rings. The first-order valence-electron chi connectivity index (χ1n) is 7.18. The van der Waals surface area contributed by atoms with Gasteiger partial charge in [0.25, 0.3) is 0 Å². The topological polar surface area (TPSA) is 39.7 Å². The smallest absolute Gasteiger partial charge is 0.203 e. The SMILES string of the molecule is COc1cc(CNCc2ccccc2F)cc2c1OCCO2. The van der Waals surface area contributed by atoms with Crippen molar-refractivity contribution in [1.82, 2.24) is 5.32 Å².